The van der Waals surface area contributed by atoms with Crippen molar-refractivity contribution in [3.63, 3.8) is 0 Å². The van der Waals surface area contributed by atoms with Gasteiger partial charge in [-0.05, 0) is 35.9 Å². The summed E-state index contributed by atoms with van der Waals surface area (Å²) >= 11 is 5.97. The summed E-state index contributed by atoms with van der Waals surface area (Å²) in [6, 6.07) is 21.8. The summed E-state index contributed by atoms with van der Waals surface area (Å²) in [7, 11) is 0. The van der Waals surface area contributed by atoms with Crippen LogP contribution in [-0.2, 0) is 16.1 Å². The number of benzene rings is 3. The van der Waals surface area contributed by atoms with E-state index in [9.17, 15) is 14.0 Å². The van der Waals surface area contributed by atoms with Gasteiger partial charge in [0.05, 0.1) is 12.1 Å². The summed E-state index contributed by atoms with van der Waals surface area (Å²) in [5.74, 6) is -1.46. The van der Waals surface area contributed by atoms with Gasteiger partial charge < -0.3 is 5.32 Å². The third-order valence-electron chi connectivity index (χ3n) is 4.63. The molecule has 0 atom stereocenters. The SMILES string of the molecule is O=C1C(Nc2ccccc2)=C(c2ccc(Cl)cc2)C(=O)N1Cc1ccccc1F. The number of hydrogen-bond acceptors (Lipinski definition) is 3. The van der Waals surface area contributed by atoms with Crippen LogP contribution in [0.3, 0.4) is 0 Å². The lowest BCUT2D eigenvalue weighted by molar-refractivity contribution is -0.137. The zero-order valence-electron chi connectivity index (χ0n) is 15.2. The predicted molar refractivity (Wildman–Crippen MR) is 110 cm³/mol. The second-order valence-corrected chi connectivity index (χ2v) is 6.97. The lowest BCUT2D eigenvalue weighted by Crippen LogP contribution is -2.32. The molecule has 4 rings (SSSR count). The molecule has 3 aromatic carbocycles. The summed E-state index contributed by atoms with van der Waals surface area (Å²) in [4.78, 5) is 27.3. The maximum absolute atomic E-state index is 14.1. The van der Waals surface area contributed by atoms with Crippen molar-refractivity contribution >= 4 is 34.7 Å². The molecule has 0 saturated heterocycles. The molecule has 0 fully saturated rings. The smallest absolute Gasteiger partial charge is 0.278 e. The van der Waals surface area contributed by atoms with Crippen molar-refractivity contribution in [3.8, 4) is 0 Å². The minimum atomic E-state index is -0.507. The molecule has 3 aromatic rings. The Morgan fingerprint density at radius 2 is 1.48 bits per heavy atom. The third-order valence-corrected chi connectivity index (χ3v) is 4.88. The normalized spacial score (nSPS) is 13.9. The second-order valence-electron chi connectivity index (χ2n) is 6.54. The highest BCUT2D eigenvalue weighted by Gasteiger charge is 2.39. The number of rotatable bonds is 5. The molecular weight excluding hydrogens is 391 g/mol. The fourth-order valence-corrected chi connectivity index (χ4v) is 3.31. The van der Waals surface area contributed by atoms with Gasteiger partial charge in [-0.1, -0.05) is 60.1 Å². The lowest BCUT2D eigenvalue weighted by atomic mass is 10.0. The van der Waals surface area contributed by atoms with Crippen LogP contribution >= 0.6 is 11.6 Å². The molecule has 4 nitrogen and oxygen atoms in total. The molecule has 1 heterocycles. The molecular formula is C23H16ClFN2O2. The Kier molecular flexibility index (Phi) is 5.14. The number of nitrogens with one attached hydrogen (secondary N) is 1. The molecule has 1 aliphatic rings. The number of halogens is 2. The van der Waals surface area contributed by atoms with Gasteiger partial charge in [-0.3, -0.25) is 14.5 Å². The monoisotopic (exact) mass is 406 g/mol. The van der Waals surface area contributed by atoms with E-state index in [0.717, 1.165) is 4.90 Å². The average molecular weight is 407 g/mol. The van der Waals surface area contributed by atoms with Crippen LogP contribution in [0.2, 0.25) is 5.02 Å². The molecule has 2 amide bonds. The highest BCUT2D eigenvalue weighted by atomic mass is 35.5. The predicted octanol–water partition coefficient (Wildman–Crippen LogP) is 4.87. The van der Waals surface area contributed by atoms with Gasteiger partial charge in [-0.2, -0.15) is 0 Å². The van der Waals surface area contributed by atoms with E-state index >= 15 is 0 Å². The van der Waals surface area contributed by atoms with Crippen LogP contribution in [0.25, 0.3) is 5.57 Å². The molecule has 6 heteroatoms. The lowest BCUT2D eigenvalue weighted by Gasteiger charge is -2.16. The molecule has 0 saturated carbocycles. The molecule has 0 unspecified atom stereocenters. The number of nitrogens with zero attached hydrogens (tertiary/aromatic N) is 1. The molecule has 0 spiro atoms. The molecule has 29 heavy (non-hydrogen) atoms. The highest BCUT2D eigenvalue weighted by Crippen LogP contribution is 2.32. The van der Waals surface area contributed by atoms with E-state index < -0.39 is 17.6 Å². The van der Waals surface area contributed by atoms with Crippen molar-refractivity contribution in [1.82, 2.24) is 4.90 Å². The minimum Gasteiger partial charge on any atom is -0.350 e. The Hall–Kier alpha value is -3.44. The Balaban J connectivity index is 1.75. The first-order chi connectivity index (χ1) is 14.0. The van der Waals surface area contributed by atoms with E-state index in [1.165, 1.54) is 6.07 Å². The maximum Gasteiger partial charge on any atom is 0.278 e. The van der Waals surface area contributed by atoms with Crippen LogP contribution < -0.4 is 5.32 Å². The van der Waals surface area contributed by atoms with Crippen molar-refractivity contribution < 1.29 is 14.0 Å². The van der Waals surface area contributed by atoms with Crippen LogP contribution in [0.5, 0.6) is 0 Å². The van der Waals surface area contributed by atoms with Crippen molar-refractivity contribution in [3.05, 3.63) is 107 Å². The van der Waals surface area contributed by atoms with Gasteiger partial charge in [0.2, 0.25) is 0 Å². The van der Waals surface area contributed by atoms with Gasteiger partial charge in [-0.15, -0.1) is 0 Å². The van der Waals surface area contributed by atoms with E-state index in [4.69, 9.17) is 11.6 Å². The van der Waals surface area contributed by atoms with Gasteiger partial charge in [0.25, 0.3) is 11.8 Å². The first-order valence-electron chi connectivity index (χ1n) is 8.96. The topological polar surface area (TPSA) is 49.4 Å². The molecule has 0 aliphatic carbocycles. The number of carbonyl (C=O) groups excluding carboxylic acids is 2. The average Bonchev–Trinajstić information content (AvgIpc) is 2.95. The zero-order chi connectivity index (χ0) is 20.4. The Labute approximate surface area is 172 Å². The molecule has 0 bridgehead atoms. The standard InChI is InChI=1S/C23H16ClFN2O2/c24-17-12-10-15(11-13-17)20-21(26-18-7-2-1-3-8-18)23(29)27(22(20)28)14-16-6-4-5-9-19(16)25/h1-13,26H,14H2. The second kappa shape index (κ2) is 7.89. The van der Waals surface area contributed by atoms with E-state index in [1.54, 1.807) is 54.6 Å². The van der Waals surface area contributed by atoms with Gasteiger partial charge in [0.1, 0.15) is 11.5 Å². The number of anilines is 1. The number of hydrogen-bond donors (Lipinski definition) is 1. The van der Waals surface area contributed by atoms with Gasteiger partial charge in [0, 0.05) is 16.3 Å². The summed E-state index contributed by atoms with van der Waals surface area (Å²) < 4.78 is 14.1. The Morgan fingerprint density at radius 1 is 0.828 bits per heavy atom. The van der Waals surface area contributed by atoms with Crippen LogP contribution in [-0.4, -0.2) is 16.7 Å². The summed E-state index contributed by atoms with van der Waals surface area (Å²) in [6.45, 7) is -0.151. The number of amides is 2. The molecule has 0 radical (unpaired) electrons. The number of carbonyl (C=O) groups is 2. The van der Waals surface area contributed by atoms with Crippen molar-refractivity contribution in [1.29, 1.82) is 0 Å². The first kappa shape index (κ1) is 18.9. The van der Waals surface area contributed by atoms with Crippen LogP contribution in [0, 0.1) is 5.82 Å². The van der Waals surface area contributed by atoms with Gasteiger partial charge in [-0.25, -0.2) is 4.39 Å². The van der Waals surface area contributed by atoms with E-state index in [1.807, 2.05) is 18.2 Å². The highest BCUT2D eigenvalue weighted by molar-refractivity contribution is 6.36. The molecule has 144 valence electrons. The van der Waals surface area contributed by atoms with Crippen LogP contribution in [0.1, 0.15) is 11.1 Å². The largest absolute Gasteiger partial charge is 0.350 e. The summed E-state index contributed by atoms with van der Waals surface area (Å²) in [5, 5.41) is 3.58. The van der Waals surface area contributed by atoms with Gasteiger partial charge >= 0.3 is 0 Å². The fraction of sp³-hybridized carbons (Fsp3) is 0.0435. The quantitative estimate of drug-likeness (QED) is 0.615. The molecule has 1 N–H and O–H groups in total. The van der Waals surface area contributed by atoms with Crippen LogP contribution in [0.15, 0.2) is 84.6 Å². The van der Waals surface area contributed by atoms with Gasteiger partial charge in [0.15, 0.2) is 0 Å². The minimum absolute atomic E-state index is 0.151. The first-order valence-corrected chi connectivity index (χ1v) is 9.34. The van der Waals surface area contributed by atoms with E-state index in [2.05, 4.69) is 5.32 Å². The van der Waals surface area contributed by atoms with Crippen LogP contribution in [0.4, 0.5) is 10.1 Å². The molecule has 0 aromatic heterocycles. The summed E-state index contributed by atoms with van der Waals surface area (Å²) in [6.07, 6.45) is 0. The summed E-state index contributed by atoms with van der Waals surface area (Å²) in [5.41, 5.74) is 1.88. The van der Waals surface area contributed by atoms with E-state index in [0.29, 0.717) is 16.3 Å². The number of para-hydroxylation sites is 1. The van der Waals surface area contributed by atoms with Crippen molar-refractivity contribution in [2.45, 2.75) is 6.54 Å². The third kappa shape index (κ3) is 3.77. The Morgan fingerprint density at radius 3 is 2.17 bits per heavy atom. The maximum atomic E-state index is 14.1. The fourth-order valence-electron chi connectivity index (χ4n) is 3.18. The zero-order valence-corrected chi connectivity index (χ0v) is 16.0. The molecule has 1 aliphatic heterocycles. The van der Waals surface area contributed by atoms with Crippen molar-refractivity contribution in [2.75, 3.05) is 5.32 Å². The van der Waals surface area contributed by atoms with E-state index in [-0.39, 0.29) is 23.4 Å². The number of imide groups is 1. The van der Waals surface area contributed by atoms with Crippen molar-refractivity contribution in [2.24, 2.45) is 0 Å². The Bertz CT molecular complexity index is 1110.